The van der Waals surface area contributed by atoms with Gasteiger partial charge in [-0.15, -0.1) is 0 Å². The minimum atomic E-state index is -3.78. The number of fused-ring (bicyclic) bond motifs is 1. The predicted molar refractivity (Wildman–Crippen MR) is 136 cm³/mol. The molecule has 1 heterocycles. The van der Waals surface area contributed by atoms with E-state index in [2.05, 4.69) is 16.0 Å². The van der Waals surface area contributed by atoms with Gasteiger partial charge < -0.3 is 20.7 Å². The zero-order valence-electron chi connectivity index (χ0n) is 20.1. The van der Waals surface area contributed by atoms with Gasteiger partial charge in [0, 0.05) is 24.5 Å². The first-order chi connectivity index (χ1) is 17.7. The van der Waals surface area contributed by atoms with E-state index in [-0.39, 0.29) is 35.8 Å². The number of carbonyl (C=O) groups excluding carboxylic acids is 3. The molecule has 0 aromatic heterocycles. The van der Waals surface area contributed by atoms with Crippen molar-refractivity contribution in [2.75, 3.05) is 25.4 Å². The third kappa shape index (κ3) is 8.71. The van der Waals surface area contributed by atoms with Crippen molar-refractivity contribution in [3.05, 3.63) is 58.9 Å². The monoisotopic (exact) mass is 553 g/mol. The highest BCUT2D eigenvalue weighted by molar-refractivity contribution is 7.91. The molecule has 9 nitrogen and oxygen atoms in total. The van der Waals surface area contributed by atoms with Crippen molar-refractivity contribution in [2.24, 2.45) is 0 Å². The summed E-state index contributed by atoms with van der Waals surface area (Å²) in [7, 11) is -3.78. The van der Waals surface area contributed by atoms with Crippen LogP contribution in [0.5, 0.6) is 5.75 Å². The van der Waals surface area contributed by atoms with Crippen molar-refractivity contribution in [3.8, 4) is 5.75 Å². The van der Waals surface area contributed by atoms with Crippen LogP contribution in [0.1, 0.15) is 42.5 Å². The smallest absolute Gasteiger partial charge is 0.255 e. The molecule has 0 fully saturated rings. The number of hydrogen-bond acceptors (Lipinski definition) is 6. The van der Waals surface area contributed by atoms with Gasteiger partial charge in [0.2, 0.25) is 11.8 Å². The second kappa shape index (κ2) is 13.4. The molecule has 0 saturated carbocycles. The van der Waals surface area contributed by atoms with Crippen molar-refractivity contribution >= 4 is 39.2 Å². The minimum Gasteiger partial charge on any atom is -0.493 e. The summed E-state index contributed by atoms with van der Waals surface area (Å²) in [4.78, 5) is 38.2. The van der Waals surface area contributed by atoms with Gasteiger partial charge in [0.05, 0.1) is 22.8 Å². The lowest BCUT2D eigenvalue weighted by Gasteiger charge is -2.19. The summed E-state index contributed by atoms with van der Waals surface area (Å²) in [6.45, 7) is 0.598. The van der Waals surface area contributed by atoms with Crippen molar-refractivity contribution in [2.45, 2.75) is 43.0 Å². The van der Waals surface area contributed by atoms with Gasteiger partial charge in [-0.05, 0) is 68.1 Å². The van der Waals surface area contributed by atoms with E-state index in [1.54, 1.807) is 12.1 Å². The largest absolute Gasteiger partial charge is 0.493 e. The molecule has 1 atom stereocenters. The maximum absolute atomic E-state index is 13.1. The molecule has 0 spiro atoms. The lowest BCUT2D eigenvalue weighted by atomic mass is 10.1. The van der Waals surface area contributed by atoms with Crippen LogP contribution >= 0.6 is 11.6 Å². The molecule has 3 rings (SSSR count). The molecule has 1 aliphatic rings. The van der Waals surface area contributed by atoms with E-state index in [9.17, 15) is 27.2 Å². The van der Waals surface area contributed by atoms with Crippen LogP contribution in [-0.2, 0) is 19.4 Å². The van der Waals surface area contributed by atoms with Crippen LogP contribution in [0.3, 0.4) is 0 Å². The number of carbonyl (C=O) groups is 3. The highest BCUT2D eigenvalue weighted by Crippen LogP contribution is 2.24. The van der Waals surface area contributed by atoms with Crippen molar-refractivity contribution in [1.82, 2.24) is 16.0 Å². The fourth-order valence-corrected chi connectivity index (χ4v) is 5.01. The molecule has 0 unspecified atom stereocenters. The Kier molecular flexibility index (Phi) is 10.3. The first-order valence-corrected chi connectivity index (χ1v) is 13.9. The maximum Gasteiger partial charge on any atom is 0.255 e. The minimum absolute atomic E-state index is 0.00905. The lowest BCUT2D eigenvalue weighted by molar-refractivity contribution is -0.124. The Morgan fingerprint density at radius 1 is 1.11 bits per heavy atom. The number of nitrogens with one attached hydrogen (secondary N) is 3. The topological polar surface area (TPSA) is 131 Å². The molecule has 37 heavy (non-hydrogen) atoms. The van der Waals surface area contributed by atoms with E-state index in [1.807, 2.05) is 0 Å². The second-order valence-electron chi connectivity index (χ2n) is 8.53. The fraction of sp³-hybridized carbons (Fsp3) is 0.400. The van der Waals surface area contributed by atoms with Crippen LogP contribution in [0.4, 0.5) is 4.39 Å². The van der Waals surface area contributed by atoms with Crippen LogP contribution in [0.2, 0.25) is 5.02 Å². The summed E-state index contributed by atoms with van der Waals surface area (Å²) in [5, 5.41) is 8.22. The van der Waals surface area contributed by atoms with Gasteiger partial charge in [0.15, 0.2) is 9.84 Å². The summed E-state index contributed by atoms with van der Waals surface area (Å²) in [5.74, 6) is -2.21. The van der Waals surface area contributed by atoms with Crippen LogP contribution in [0.25, 0.3) is 0 Å². The third-order valence-electron chi connectivity index (χ3n) is 5.71. The first kappa shape index (κ1) is 28.4. The molecule has 0 saturated heterocycles. The molecule has 3 amide bonds. The number of benzene rings is 2. The lowest BCUT2D eigenvalue weighted by Crippen LogP contribution is -2.48. The molecular weight excluding hydrogens is 525 g/mol. The van der Waals surface area contributed by atoms with Crippen molar-refractivity contribution < 1.29 is 31.9 Å². The molecule has 12 heteroatoms. The summed E-state index contributed by atoms with van der Waals surface area (Å²) < 4.78 is 43.8. The van der Waals surface area contributed by atoms with Crippen LogP contribution in [-0.4, -0.2) is 57.6 Å². The SMILES string of the molecule is O=C1CC[C@@H](C(=O)NCCS(=O)(=O)c2ccc(F)cc2)NC(=O)c2cc(Cl)ccc2OCCCCCN1. The predicted octanol–water partition coefficient (Wildman–Crippen LogP) is 2.63. The molecule has 1 aliphatic heterocycles. The van der Waals surface area contributed by atoms with E-state index in [0.717, 1.165) is 43.5 Å². The standard InChI is InChI=1S/C25H29ClFN3O6S/c26-17-4-10-22-20(16-17)24(32)30-21(9-11-23(31)28-12-2-1-3-14-36-22)25(33)29-13-15-37(34,35)19-7-5-18(27)6-8-19/h4-8,10,16,21H,1-3,9,11-15H2,(H,28,31)(H,29,33)(H,30,32)/t21-/m0/s1. The average molecular weight is 554 g/mol. The molecule has 0 aliphatic carbocycles. The third-order valence-corrected chi connectivity index (χ3v) is 7.68. The molecule has 2 aromatic rings. The number of ether oxygens (including phenoxy) is 1. The molecule has 0 bridgehead atoms. The quantitative estimate of drug-likeness (QED) is 0.488. The first-order valence-electron chi connectivity index (χ1n) is 11.9. The van der Waals surface area contributed by atoms with E-state index < -0.39 is 39.3 Å². The molecule has 0 radical (unpaired) electrons. The zero-order chi connectivity index (χ0) is 26.8. The Hall–Kier alpha value is -3.18. The molecular formula is C25H29ClFN3O6S. The Labute approximate surface area is 220 Å². The number of halogens is 2. The Balaban J connectivity index is 1.72. The van der Waals surface area contributed by atoms with Crippen molar-refractivity contribution in [3.63, 3.8) is 0 Å². The Morgan fingerprint density at radius 3 is 2.62 bits per heavy atom. The number of sulfone groups is 1. The number of rotatable bonds is 5. The maximum atomic E-state index is 13.1. The highest BCUT2D eigenvalue weighted by atomic mass is 35.5. The van der Waals surface area contributed by atoms with Gasteiger partial charge in [-0.3, -0.25) is 14.4 Å². The van der Waals surface area contributed by atoms with Crippen LogP contribution in [0, 0.1) is 5.82 Å². The van der Waals surface area contributed by atoms with E-state index in [4.69, 9.17) is 16.3 Å². The summed E-state index contributed by atoms with van der Waals surface area (Å²) in [5.41, 5.74) is 0.142. The number of amides is 3. The van der Waals surface area contributed by atoms with E-state index >= 15 is 0 Å². The van der Waals surface area contributed by atoms with Crippen LogP contribution < -0.4 is 20.7 Å². The second-order valence-corrected chi connectivity index (χ2v) is 11.1. The zero-order valence-corrected chi connectivity index (χ0v) is 21.7. The number of hydrogen-bond donors (Lipinski definition) is 3. The van der Waals surface area contributed by atoms with E-state index in [0.29, 0.717) is 23.9 Å². The molecule has 200 valence electrons. The summed E-state index contributed by atoms with van der Waals surface area (Å²) >= 11 is 6.08. The average Bonchev–Trinajstić information content (AvgIpc) is 2.86. The van der Waals surface area contributed by atoms with Crippen molar-refractivity contribution in [1.29, 1.82) is 0 Å². The van der Waals surface area contributed by atoms with Gasteiger partial charge >= 0.3 is 0 Å². The van der Waals surface area contributed by atoms with Gasteiger partial charge in [0.1, 0.15) is 17.6 Å². The highest BCUT2D eigenvalue weighted by Gasteiger charge is 2.25. The van der Waals surface area contributed by atoms with Gasteiger partial charge in [-0.1, -0.05) is 11.6 Å². The van der Waals surface area contributed by atoms with Gasteiger partial charge in [-0.25, -0.2) is 12.8 Å². The fourth-order valence-electron chi connectivity index (χ4n) is 3.68. The van der Waals surface area contributed by atoms with E-state index in [1.165, 1.54) is 6.07 Å². The molecule has 3 N–H and O–H groups in total. The summed E-state index contributed by atoms with van der Waals surface area (Å²) in [6, 6.07) is 7.86. The Morgan fingerprint density at radius 2 is 1.86 bits per heavy atom. The van der Waals surface area contributed by atoms with Gasteiger partial charge in [0.25, 0.3) is 5.91 Å². The normalized spacial score (nSPS) is 17.7. The van der Waals surface area contributed by atoms with Gasteiger partial charge in [-0.2, -0.15) is 0 Å². The Bertz CT molecular complexity index is 1220. The molecule has 2 aromatic carbocycles. The summed E-state index contributed by atoms with van der Waals surface area (Å²) in [6.07, 6.45) is 2.27. The van der Waals surface area contributed by atoms with Crippen LogP contribution in [0.15, 0.2) is 47.4 Å².